The molecular formula is C24H22ClNO2. The molecule has 0 radical (unpaired) electrons. The zero-order chi connectivity index (χ0) is 19.8. The maximum atomic E-state index is 12.8. The van der Waals surface area contributed by atoms with Crippen LogP contribution in [0.25, 0.3) is 0 Å². The van der Waals surface area contributed by atoms with E-state index in [2.05, 4.69) is 23.5 Å². The monoisotopic (exact) mass is 391 g/mol. The van der Waals surface area contributed by atoms with E-state index < -0.39 is 0 Å². The predicted octanol–water partition coefficient (Wildman–Crippen LogP) is 5.64. The van der Waals surface area contributed by atoms with Crippen LogP contribution in [-0.2, 0) is 11.2 Å². The molecular weight excluding hydrogens is 370 g/mol. The van der Waals surface area contributed by atoms with Gasteiger partial charge in [0.2, 0.25) is 5.91 Å². The summed E-state index contributed by atoms with van der Waals surface area (Å²) >= 11 is 6.29. The SMILES string of the molecule is COc1c(C)cc(C2C(=O)Nc3cc(Cc4ccccc4Cl)ccc32)cc1C. The van der Waals surface area contributed by atoms with Crippen LogP contribution in [0.1, 0.15) is 39.3 Å². The van der Waals surface area contributed by atoms with E-state index in [-0.39, 0.29) is 11.8 Å². The van der Waals surface area contributed by atoms with Crippen molar-refractivity contribution in [3.05, 3.63) is 93.0 Å². The largest absolute Gasteiger partial charge is 0.496 e. The van der Waals surface area contributed by atoms with Crippen molar-refractivity contribution in [2.24, 2.45) is 0 Å². The standard InChI is InChI=1S/C24H22ClNO2/c1-14-10-18(11-15(2)23(14)28-3)22-19-9-8-16(13-21(19)26-24(22)27)12-17-6-4-5-7-20(17)25/h4-11,13,22H,12H2,1-3H3,(H,26,27). The summed E-state index contributed by atoms with van der Waals surface area (Å²) in [5, 5.41) is 3.81. The van der Waals surface area contributed by atoms with Crippen molar-refractivity contribution in [1.82, 2.24) is 0 Å². The van der Waals surface area contributed by atoms with Gasteiger partial charge in [0, 0.05) is 10.7 Å². The summed E-state index contributed by atoms with van der Waals surface area (Å²) < 4.78 is 5.46. The second-order valence-corrected chi connectivity index (χ2v) is 7.71. The van der Waals surface area contributed by atoms with Gasteiger partial charge in [-0.2, -0.15) is 0 Å². The zero-order valence-electron chi connectivity index (χ0n) is 16.2. The highest BCUT2D eigenvalue weighted by Crippen LogP contribution is 2.40. The smallest absolute Gasteiger partial charge is 0.236 e. The van der Waals surface area contributed by atoms with Crippen LogP contribution >= 0.6 is 11.6 Å². The Balaban J connectivity index is 1.68. The Morgan fingerprint density at radius 3 is 2.43 bits per heavy atom. The van der Waals surface area contributed by atoms with Crippen LogP contribution in [0.3, 0.4) is 0 Å². The second kappa shape index (κ2) is 7.33. The number of hydrogen-bond donors (Lipinski definition) is 1. The molecule has 0 fully saturated rings. The first kappa shape index (κ1) is 18.6. The van der Waals surface area contributed by atoms with Gasteiger partial charge in [-0.3, -0.25) is 4.79 Å². The number of carbonyl (C=O) groups is 1. The molecule has 28 heavy (non-hydrogen) atoms. The molecule has 0 aromatic heterocycles. The molecule has 0 saturated carbocycles. The van der Waals surface area contributed by atoms with Crippen molar-refractivity contribution in [2.45, 2.75) is 26.2 Å². The molecule has 3 aromatic carbocycles. The van der Waals surface area contributed by atoms with Crippen LogP contribution in [0.4, 0.5) is 5.69 Å². The van der Waals surface area contributed by atoms with Crippen LogP contribution in [0, 0.1) is 13.8 Å². The summed E-state index contributed by atoms with van der Waals surface area (Å²) in [5.74, 6) is 0.582. The van der Waals surface area contributed by atoms with Gasteiger partial charge in [0.1, 0.15) is 5.75 Å². The van der Waals surface area contributed by atoms with Gasteiger partial charge in [-0.05, 0) is 65.8 Å². The number of amides is 1. The maximum Gasteiger partial charge on any atom is 0.236 e. The molecule has 0 bridgehead atoms. The first-order valence-corrected chi connectivity index (χ1v) is 9.68. The van der Waals surface area contributed by atoms with Crippen molar-refractivity contribution < 1.29 is 9.53 Å². The number of methoxy groups -OCH3 is 1. The lowest BCUT2D eigenvalue weighted by molar-refractivity contribution is -0.116. The summed E-state index contributed by atoms with van der Waals surface area (Å²) in [6.07, 6.45) is 0.730. The van der Waals surface area contributed by atoms with Gasteiger partial charge in [0.05, 0.1) is 13.0 Å². The van der Waals surface area contributed by atoms with Crippen molar-refractivity contribution in [3.63, 3.8) is 0 Å². The Labute approximate surface area is 170 Å². The Morgan fingerprint density at radius 1 is 1.04 bits per heavy atom. The summed E-state index contributed by atoms with van der Waals surface area (Å²) in [6, 6.07) is 18.1. The fourth-order valence-electron chi connectivity index (χ4n) is 4.08. The second-order valence-electron chi connectivity index (χ2n) is 7.30. The molecule has 3 nitrogen and oxygen atoms in total. The quantitative estimate of drug-likeness (QED) is 0.625. The van der Waals surface area contributed by atoms with E-state index in [1.54, 1.807) is 7.11 Å². The van der Waals surface area contributed by atoms with E-state index in [1.165, 1.54) is 0 Å². The summed E-state index contributed by atoms with van der Waals surface area (Å²) in [7, 11) is 1.67. The number of ether oxygens (including phenoxy) is 1. The third-order valence-corrected chi connectivity index (χ3v) is 5.69. The lowest BCUT2D eigenvalue weighted by atomic mass is 9.89. The molecule has 1 heterocycles. The Bertz CT molecular complexity index is 1050. The third kappa shape index (κ3) is 3.27. The predicted molar refractivity (Wildman–Crippen MR) is 114 cm³/mol. The van der Waals surface area contributed by atoms with Crippen LogP contribution in [0.2, 0.25) is 5.02 Å². The molecule has 3 aromatic rings. The lowest BCUT2D eigenvalue weighted by Crippen LogP contribution is -2.13. The lowest BCUT2D eigenvalue weighted by Gasteiger charge is -2.15. The molecule has 1 aliphatic heterocycles. The number of hydrogen-bond acceptors (Lipinski definition) is 2. The van der Waals surface area contributed by atoms with Gasteiger partial charge in [0.25, 0.3) is 0 Å². The highest BCUT2D eigenvalue weighted by Gasteiger charge is 2.32. The highest BCUT2D eigenvalue weighted by atomic mass is 35.5. The maximum absolute atomic E-state index is 12.8. The van der Waals surface area contributed by atoms with Crippen molar-refractivity contribution >= 4 is 23.2 Å². The molecule has 1 amide bonds. The summed E-state index contributed by atoms with van der Waals surface area (Å²) in [6.45, 7) is 4.02. The minimum absolute atomic E-state index is 0.00820. The summed E-state index contributed by atoms with van der Waals surface area (Å²) in [4.78, 5) is 12.8. The van der Waals surface area contributed by atoms with Gasteiger partial charge in [-0.15, -0.1) is 0 Å². The molecule has 1 aliphatic rings. The number of nitrogens with one attached hydrogen (secondary N) is 1. The average Bonchev–Trinajstić information content (AvgIpc) is 2.98. The Hall–Kier alpha value is -2.78. The van der Waals surface area contributed by atoms with Crippen LogP contribution in [0.5, 0.6) is 5.75 Å². The van der Waals surface area contributed by atoms with Crippen LogP contribution < -0.4 is 10.1 Å². The minimum Gasteiger partial charge on any atom is -0.496 e. The van der Waals surface area contributed by atoms with Crippen LogP contribution in [-0.4, -0.2) is 13.0 Å². The Kier molecular flexibility index (Phi) is 4.86. The number of anilines is 1. The first-order valence-electron chi connectivity index (χ1n) is 9.30. The normalized spacial score (nSPS) is 15.3. The molecule has 0 saturated heterocycles. The minimum atomic E-state index is -0.298. The molecule has 1 atom stereocenters. The fourth-order valence-corrected chi connectivity index (χ4v) is 4.29. The van der Waals surface area contributed by atoms with E-state index in [4.69, 9.17) is 16.3 Å². The number of fused-ring (bicyclic) bond motifs is 1. The fraction of sp³-hybridized carbons (Fsp3) is 0.208. The van der Waals surface area contributed by atoms with E-state index in [1.807, 2.05) is 50.2 Å². The number of halogens is 1. The van der Waals surface area contributed by atoms with E-state index in [0.717, 1.165) is 56.3 Å². The van der Waals surface area contributed by atoms with Gasteiger partial charge < -0.3 is 10.1 Å². The van der Waals surface area contributed by atoms with Crippen molar-refractivity contribution in [1.29, 1.82) is 0 Å². The topological polar surface area (TPSA) is 38.3 Å². The highest BCUT2D eigenvalue weighted by molar-refractivity contribution is 6.31. The molecule has 0 aliphatic carbocycles. The Morgan fingerprint density at radius 2 is 1.75 bits per heavy atom. The molecule has 0 spiro atoms. The summed E-state index contributed by atoms with van der Waals surface area (Å²) in [5.41, 5.74) is 7.15. The third-order valence-electron chi connectivity index (χ3n) is 5.32. The molecule has 1 unspecified atom stereocenters. The first-order chi connectivity index (χ1) is 13.5. The molecule has 1 N–H and O–H groups in total. The van der Waals surface area contributed by atoms with Gasteiger partial charge >= 0.3 is 0 Å². The number of benzene rings is 3. The van der Waals surface area contributed by atoms with E-state index in [0.29, 0.717) is 0 Å². The van der Waals surface area contributed by atoms with E-state index >= 15 is 0 Å². The molecule has 4 rings (SSSR count). The molecule has 4 heteroatoms. The van der Waals surface area contributed by atoms with Crippen molar-refractivity contribution in [3.8, 4) is 5.75 Å². The number of aryl methyl sites for hydroxylation is 2. The zero-order valence-corrected chi connectivity index (χ0v) is 16.9. The van der Waals surface area contributed by atoms with E-state index in [9.17, 15) is 4.79 Å². The van der Waals surface area contributed by atoms with Gasteiger partial charge in [0.15, 0.2) is 0 Å². The van der Waals surface area contributed by atoms with Crippen molar-refractivity contribution in [2.75, 3.05) is 12.4 Å². The average molecular weight is 392 g/mol. The van der Waals surface area contributed by atoms with Crippen LogP contribution in [0.15, 0.2) is 54.6 Å². The van der Waals surface area contributed by atoms with Gasteiger partial charge in [-0.1, -0.05) is 54.1 Å². The number of carbonyl (C=O) groups excluding carboxylic acids is 1. The molecule has 142 valence electrons. The van der Waals surface area contributed by atoms with Gasteiger partial charge in [-0.25, -0.2) is 0 Å². The number of rotatable bonds is 4.